The van der Waals surface area contributed by atoms with Crippen molar-refractivity contribution in [3.63, 3.8) is 0 Å². The topological polar surface area (TPSA) is 24.5 Å². The van der Waals surface area contributed by atoms with Gasteiger partial charge in [-0.05, 0) is 65.0 Å². The number of ether oxygens (including phenoxy) is 1. The van der Waals surface area contributed by atoms with Crippen LogP contribution >= 0.6 is 0 Å². The van der Waals surface area contributed by atoms with Gasteiger partial charge in [0.15, 0.2) is 0 Å². The molecule has 0 aromatic heterocycles. The molecule has 3 fully saturated rings. The van der Waals surface area contributed by atoms with E-state index in [-0.39, 0.29) is 0 Å². The molecule has 0 spiro atoms. The number of nitrogens with one attached hydrogen (secondary N) is 1. The van der Waals surface area contributed by atoms with Gasteiger partial charge in [0.1, 0.15) is 0 Å². The maximum atomic E-state index is 5.92. The van der Waals surface area contributed by atoms with Crippen LogP contribution in [0.2, 0.25) is 0 Å². The first-order chi connectivity index (χ1) is 10.1. The van der Waals surface area contributed by atoms with Gasteiger partial charge in [-0.15, -0.1) is 0 Å². The van der Waals surface area contributed by atoms with E-state index in [1.807, 2.05) is 0 Å². The minimum Gasteiger partial charge on any atom is -0.378 e. The summed E-state index contributed by atoms with van der Waals surface area (Å²) in [6, 6.07) is 2.40. The van der Waals surface area contributed by atoms with E-state index in [9.17, 15) is 0 Å². The third-order valence-electron chi connectivity index (χ3n) is 6.96. The molecule has 3 rings (SSSR count). The maximum Gasteiger partial charge on any atom is 0.0658 e. The normalized spacial score (nSPS) is 46.6. The number of hydrogen-bond donors (Lipinski definition) is 1. The summed E-state index contributed by atoms with van der Waals surface area (Å²) in [6.07, 6.45) is 8.57. The van der Waals surface area contributed by atoms with Crippen LogP contribution in [0.25, 0.3) is 0 Å². The smallest absolute Gasteiger partial charge is 0.0658 e. The van der Waals surface area contributed by atoms with Gasteiger partial charge in [0.2, 0.25) is 0 Å². The molecule has 2 aliphatic heterocycles. The van der Waals surface area contributed by atoms with E-state index in [1.54, 1.807) is 0 Å². The van der Waals surface area contributed by atoms with E-state index in [1.165, 1.54) is 45.1 Å². The Balaban J connectivity index is 1.48. The molecule has 0 aromatic rings. The molecule has 5 unspecified atom stereocenters. The lowest BCUT2D eigenvalue weighted by atomic mass is 9.61. The molecule has 1 N–H and O–H groups in total. The monoisotopic (exact) mass is 294 g/mol. The second-order valence-corrected chi connectivity index (χ2v) is 7.89. The zero-order chi connectivity index (χ0) is 15.0. The molecule has 0 amide bonds. The highest BCUT2D eigenvalue weighted by Gasteiger charge is 2.51. The molecule has 122 valence electrons. The SMILES string of the molecule is CCOC1CC(NCC2CC3CCC(C2)N3C)C1(C)CC. The molecule has 21 heavy (non-hydrogen) atoms. The Hall–Kier alpha value is -0.120. The van der Waals surface area contributed by atoms with Crippen molar-refractivity contribution in [1.29, 1.82) is 0 Å². The van der Waals surface area contributed by atoms with Crippen molar-refractivity contribution >= 4 is 0 Å². The number of hydrogen-bond acceptors (Lipinski definition) is 3. The maximum absolute atomic E-state index is 5.92. The molecular weight excluding hydrogens is 260 g/mol. The summed E-state index contributed by atoms with van der Waals surface area (Å²) in [5, 5.41) is 3.90. The summed E-state index contributed by atoms with van der Waals surface area (Å²) in [6.45, 7) is 8.92. The predicted molar refractivity (Wildman–Crippen MR) is 87.5 cm³/mol. The average Bonchev–Trinajstić information content (AvgIpc) is 2.70. The Morgan fingerprint density at radius 1 is 1.14 bits per heavy atom. The van der Waals surface area contributed by atoms with E-state index in [2.05, 4.69) is 38.0 Å². The Labute approximate surface area is 130 Å². The molecule has 3 nitrogen and oxygen atoms in total. The zero-order valence-electron chi connectivity index (χ0n) is 14.4. The van der Waals surface area contributed by atoms with Crippen molar-refractivity contribution in [1.82, 2.24) is 10.2 Å². The first-order valence-corrected chi connectivity index (χ1v) is 9.15. The highest BCUT2D eigenvalue weighted by molar-refractivity contribution is 5.05. The van der Waals surface area contributed by atoms with Gasteiger partial charge in [-0.3, -0.25) is 0 Å². The minimum atomic E-state index is 0.348. The fourth-order valence-electron chi connectivity index (χ4n) is 5.07. The lowest BCUT2D eigenvalue weighted by Crippen LogP contribution is -2.63. The fourth-order valence-corrected chi connectivity index (χ4v) is 5.07. The van der Waals surface area contributed by atoms with Crippen LogP contribution in [0.5, 0.6) is 0 Å². The summed E-state index contributed by atoms with van der Waals surface area (Å²) < 4.78 is 5.92. The Bertz CT molecular complexity index is 347. The summed E-state index contributed by atoms with van der Waals surface area (Å²) in [7, 11) is 2.33. The van der Waals surface area contributed by atoms with Gasteiger partial charge >= 0.3 is 0 Å². The molecule has 2 heterocycles. The Morgan fingerprint density at radius 3 is 2.38 bits per heavy atom. The first-order valence-electron chi connectivity index (χ1n) is 9.15. The van der Waals surface area contributed by atoms with Crippen molar-refractivity contribution in [3.05, 3.63) is 0 Å². The summed E-state index contributed by atoms with van der Waals surface area (Å²) in [5.41, 5.74) is 0.348. The minimum absolute atomic E-state index is 0.348. The van der Waals surface area contributed by atoms with Crippen LogP contribution in [0.1, 0.15) is 59.3 Å². The second-order valence-electron chi connectivity index (χ2n) is 7.89. The van der Waals surface area contributed by atoms with Crippen LogP contribution in [0.4, 0.5) is 0 Å². The van der Waals surface area contributed by atoms with E-state index in [0.29, 0.717) is 17.6 Å². The molecular formula is C18H34N2O. The van der Waals surface area contributed by atoms with Crippen LogP contribution in [0.3, 0.4) is 0 Å². The largest absolute Gasteiger partial charge is 0.378 e. The summed E-state index contributed by atoms with van der Waals surface area (Å²) in [5.74, 6) is 0.894. The highest BCUT2D eigenvalue weighted by Crippen LogP contribution is 2.46. The van der Waals surface area contributed by atoms with Gasteiger partial charge < -0.3 is 15.0 Å². The molecule has 0 aromatic carbocycles. The molecule has 2 bridgehead atoms. The number of piperidine rings is 1. The zero-order valence-corrected chi connectivity index (χ0v) is 14.4. The van der Waals surface area contributed by atoms with E-state index < -0.39 is 0 Å². The molecule has 3 heteroatoms. The standard InChI is InChI=1S/C18H34N2O/c1-5-18(3)16(11-17(18)21-6-2)19-12-13-9-14-7-8-15(10-13)20(14)4/h13-17,19H,5-12H2,1-4H3. The lowest BCUT2D eigenvalue weighted by molar-refractivity contribution is -0.126. The van der Waals surface area contributed by atoms with Gasteiger partial charge in [0, 0.05) is 30.1 Å². The highest BCUT2D eigenvalue weighted by atomic mass is 16.5. The third kappa shape index (κ3) is 2.77. The van der Waals surface area contributed by atoms with Crippen molar-refractivity contribution in [2.45, 2.75) is 83.5 Å². The van der Waals surface area contributed by atoms with Gasteiger partial charge in [0.05, 0.1) is 6.10 Å². The van der Waals surface area contributed by atoms with Crippen molar-refractivity contribution < 1.29 is 4.74 Å². The van der Waals surface area contributed by atoms with Crippen molar-refractivity contribution in [2.75, 3.05) is 20.2 Å². The molecule has 3 aliphatic rings. The van der Waals surface area contributed by atoms with Crippen molar-refractivity contribution in [2.24, 2.45) is 11.3 Å². The molecule has 1 aliphatic carbocycles. The Kier molecular flexibility index (Phi) is 4.63. The number of nitrogens with zero attached hydrogens (tertiary/aromatic N) is 1. The number of rotatable bonds is 6. The quantitative estimate of drug-likeness (QED) is 0.815. The van der Waals surface area contributed by atoms with Gasteiger partial charge in [-0.1, -0.05) is 13.8 Å². The van der Waals surface area contributed by atoms with E-state index in [4.69, 9.17) is 4.74 Å². The second kappa shape index (κ2) is 6.17. The van der Waals surface area contributed by atoms with Crippen molar-refractivity contribution in [3.8, 4) is 0 Å². The Morgan fingerprint density at radius 2 is 1.81 bits per heavy atom. The summed E-state index contributed by atoms with van der Waals surface area (Å²) in [4.78, 5) is 2.64. The lowest BCUT2D eigenvalue weighted by Gasteiger charge is -2.54. The summed E-state index contributed by atoms with van der Waals surface area (Å²) >= 11 is 0. The van der Waals surface area contributed by atoms with E-state index >= 15 is 0 Å². The van der Waals surface area contributed by atoms with Gasteiger partial charge in [0.25, 0.3) is 0 Å². The molecule has 5 atom stereocenters. The molecule has 0 radical (unpaired) electrons. The van der Waals surface area contributed by atoms with Crippen LogP contribution in [0.15, 0.2) is 0 Å². The van der Waals surface area contributed by atoms with Crippen LogP contribution in [0, 0.1) is 11.3 Å². The van der Waals surface area contributed by atoms with Crippen LogP contribution in [-0.4, -0.2) is 49.3 Å². The van der Waals surface area contributed by atoms with E-state index in [0.717, 1.165) is 24.6 Å². The first kappa shape index (κ1) is 15.8. The van der Waals surface area contributed by atoms with Gasteiger partial charge in [-0.25, -0.2) is 0 Å². The third-order valence-corrected chi connectivity index (χ3v) is 6.96. The average molecular weight is 294 g/mol. The predicted octanol–water partition coefficient (Wildman–Crippen LogP) is 3.04. The number of fused-ring (bicyclic) bond motifs is 2. The molecule has 1 saturated carbocycles. The van der Waals surface area contributed by atoms with Crippen LogP contribution in [-0.2, 0) is 4.74 Å². The van der Waals surface area contributed by atoms with Crippen LogP contribution < -0.4 is 5.32 Å². The van der Waals surface area contributed by atoms with Gasteiger partial charge in [-0.2, -0.15) is 0 Å². The molecule has 2 saturated heterocycles. The fraction of sp³-hybridized carbons (Fsp3) is 1.00.